The van der Waals surface area contributed by atoms with Crippen molar-refractivity contribution in [3.63, 3.8) is 0 Å². The van der Waals surface area contributed by atoms with Gasteiger partial charge in [-0.1, -0.05) is 36.2 Å². The predicted octanol–water partition coefficient (Wildman–Crippen LogP) is 3.67. The zero-order valence-electron chi connectivity index (χ0n) is 9.69. The Labute approximate surface area is 97.4 Å². The fourth-order valence-corrected chi connectivity index (χ4v) is 3.13. The normalized spacial score (nSPS) is 19.7. The lowest BCUT2D eigenvalue weighted by molar-refractivity contribution is 0.0910. The topological polar surface area (TPSA) is 3.24 Å². The number of rotatable bonds is 7. The first-order chi connectivity index (χ1) is 6.76. The van der Waals surface area contributed by atoms with Crippen LogP contribution < -0.4 is 0 Å². The monoisotopic (exact) mass is 261 g/mol. The third-order valence-corrected chi connectivity index (χ3v) is 4.53. The molecule has 0 atom stereocenters. The molecular weight excluding hydrogens is 238 g/mol. The van der Waals surface area contributed by atoms with E-state index in [-0.39, 0.29) is 0 Å². The van der Waals surface area contributed by atoms with Gasteiger partial charge in [-0.15, -0.1) is 0 Å². The molecule has 0 amide bonds. The second-order valence-electron chi connectivity index (χ2n) is 4.76. The molecule has 0 unspecified atom stereocenters. The minimum atomic E-state index is 0.629. The fraction of sp³-hybridized carbons (Fsp3) is 1.00. The van der Waals surface area contributed by atoms with Crippen LogP contribution >= 0.6 is 15.9 Å². The summed E-state index contributed by atoms with van der Waals surface area (Å²) in [4.78, 5) is 2.65. The SMILES string of the molecule is CCCN(CCC)CC1(CBr)CCC1. The number of halogens is 1. The Balaban J connectivity index is 2.36. The van der Waals surface area contributed by atoms with Gasteiger partial charge in [-0.2, -0.15) is 0 Å². The molecule has 0 N–H and O–H groups in total. The van der Waals surface area contributed by atoms with Crippen molar-refractivity contribution in [1.29, 1.82) is 0 Å². The summed E-state index contributed by atoms with van der Waals surface area (Å²) in [6, 6.07) is 0. The Morgan fingerprint density at radius 2 is 1.71 bits per heavy atom. The number of alkyl halides is 1. The molecule has 0 aromatic carbocycles. The molecule has 1 aliphatic carbocycles. The van der Waals surface area contributed by atoms with Crippen LogP contribution in [-0.4, -0.2) is 29.9 Å². The molecule has 0 saturated heterocycles. The lowest BCUT2D eigenvalue weighted by Crippen LogP contribution is -2.44. The van der Waals surface area contributed by atoms with E-state index in [0.29, 0.717) is 5.41 Å². The number of nitrogens with zero attached hydrogens (tertiary/aromatic N) is 1. The zero-order valence-corrected chi connectivity index (χ0v) is 11.3. The molecule has 2 heteroatoms. The van der Waals surface area contributed by atoms with E-state index in [1.807, 2.05) is 0 Å². The largest absolute Gasteiger partial charge is 0.303 e. The molecule has 0 radical (unpaired) electrons. The molecule has 0 heterocycles. The van der Waals surface area contributed by atoms with Gasteiger partial charge < -0.3 is 4.90 Å². The summed E-state index contributed by atoms with van der Waals surface area (Å²) in [6.45, 7) is 8.44. The fourth-order valence-electron chi connectivity index (χ4n) is 2.39. The molecule has 1 nitrogen and oxygen atoms in total. The summed E-state index contributed by atoms with van der Waals surface area (Å²) in [5.41, 5.74) is 0.629. The van der Waals surface area contributed by atoms with Crippen LogP contribution in [0.2, 0.25) is 0 Å². The first-order valence-corrected chi connectivity index (χ1v) is 7.17. The summed E-state index contributed by atoms with van der Waals surface area (Å²) in [5, 5.41) is 1.20. The molecule has 1 fully saturated rings. The van der Waals surface area contributed by atoms with Gasteiger partial charge >= 0.3 is 0 Å². The van der Waals surface area contributed by atoms with Crippen LogP contribution in [0.3, 0.4) is 0 Å². The molecule has 0 aliphatic heterocycles. The van der Waals surface area contributed by atoms with E-state index in [1.165, 1.54) is 57.1 Å². The maximum Gasteiger partial charge on any atom is 0.0100 e. The van der Waals surface area contributed by atoms with E-state index >= 15 is 0 Å². The minimum Gasteiger partial charge on any atom is -0.303 e. The summed E-state index contributed by atoms with van der Waals surface area (Å²) >= 11 is 3.69. The molecule has 0 spiro atoms. The number of hydrogen-bond acceptors (Lipinski definition) is 1. The van der Waals surface area contributed by atoms with Crippen LogP contribution in [-0.2, 0) is 0 Å². The van der Waals surface area contributed by atoms with Crippen molar-refractivity contribution in [3.8, 4) is 0 Å². The van der Waals surface area contributed by atoms with E-state index in [4.69, 9.17) is 0 Å². The summed E-state index contributed by atoms with van der Waals surface area (Å²) in [6.07, 6.45) is 6.89. The van der Waals surface area contributed by atoms with Crippen LogP contribution in [0.25, 0.3) is 0 Å². The molecule has 1 saturated carbocycles. The molecular formula is C12H24BrN. The van der Waals surface area contributed by atoms with Crippen molar-refractivity contribution in [2.24, 2.45) is 5.41 Å². The van der Waals surface area contributed by atoms with Crippen LogP contribution in [0, 0.1) is 5.41 Å². The molecule has 1 aliphatic rings. The maximum absolute atomic E-state index is 3.69. The average Bonchev–Trinajstić information content (AvgIpc) is 2.12. The van der Waals surface area contributed by atoms with Crippen LogP contribution in [0.15, 0.2) is 0 Å². The van der Waals surface area contributed by atoms with Gasteiger partial charge in [-0.05, 0) is 44.2 Å². The van der Waals surface area contributed by atoms with Crippen molar-refractivity contribution in [3.05, 3.63) is 0 Å². The smallest absolute Gasteiger partial charge is 0.0100 e. The van der Waals surface area contributed by atoms with Crippen LogP contribution in [0.1, 0.15) is 46.0 Å². The minimum absolute atomic E-state index is 0.629. The van der Waals surface area contributed by atoms with Crippen molar-refractivity contribution >= 4 is 15.9 Å². The quantitative estimate of drug-likeness (QED) is 0.633. The van der Waals surface area contributed by atoms with Gasteiger partial charge in [-0.25, -0.2) is 0 Å². The highest BCUT2D eigenvalue weighted by Gasteiger charge is 2.36. The van der Waals surface area contributed by atoms with E-state index in [9.17, 15) is 0 Å². The van der Waals surface area contributed by atoms with Crippen molar-refractivity contribution in [2.75, 3.05) is 25.0 Å². The lowest BCUT2D eigenvalue weighted by atomic mass is 9.70. The summed E-state index contributed by atoms with van der Waals surface area (Å²) in [5.74, 6) is 0. The van der Waals surface area contributed by atoms with E-state index in [1.54, 1.807) is 0 Å². The second kappa shape index (κ2) is 6.12. The summed E-state index contributed by atoms with van der Waals surface area (Å²) in [7, 11) is 0. The highest BCUT2D eigenvalue weighted by atomic mass is 79.9. The van der Waals surface area contributed by atoms with Gasteiger partial charge in [0.2, 0.25) is 0 Å². The van der Waals surface area contributed by atoms with Crippen molar-refractivity contribution in [1.82, 2.24) is 4.90 Å². The Morgan fingerprint density at radius 1 is 1.14 bits per heavy atom. The number of hydrogen-bond donors (Lipinski definition) is 0. The van der Waals surface area contributed by atoms with Crippen molar-refractivity contribution < 1.29 is 0 Å². The third kappa shape index (κ3) is 3.23. The Hall–Kier alpha value is 0.440. The van der Waals surface area contributed by atoms with Gasteiger partial charge in [0.25, 0.3) is 0 Å². The van der Waals surface area contributed by atoms with Gasteiger partial charge in [0.15, 0.2) is 0 Å². The van der Waals surface area contributed by atoms with E-state index < -0.39 is 0 Å². The van der Waals surface area contributed by atoms with Crippen molar-refractivity contribution in [2.45, 2.75) is 46.0 Å². The highest BCUT2D eigenvalue weighted by Crippen LogP contribution is 2.42. The molecule has 14 heavy (non-hydrogen) atoms. The average molecular weight is 262 g/mol. The van der Waals surface area contributed by atoms with Crippen LogP contribution in [0.4, 0.5) is 0 Å². The molecule has 0 bridgehead atoms. The Morgan fingerprint density at radius 3 is 2.00 bits per heavy atom. The van der Waals surface area contributed by atoms with Crippen LogP contribution in [0.5, 0.6) is 0 Å². The highest BCUT2D eigenvalue weighted by molar-refractivity contribution is 9.09. The maximum atomic E-state index is 3.69. The first-order valence-electron chi connectivity index (χ1n) is 6.04. The Bertz CT molecular complexity index is 143. The zero-order chi connectivity index (χ0) is 10.4. The van der Waals surface area contributed by atoms with Gasteiger partial charge in [0.1, 0.15) is 0 Å². The predicted molar refractivity (Wildman–Crippen MR) is 67.1 cm³/mol. The van der Waals surface area contributed by atoms with Gasteiger partial charge in [-0.3, -0.25) is 0 Å². The second-order valence-corrected chi connectivity index (χ2v) is 5.32. The molecule has 0 aromatic heterocycles. The Kier molecular flexibility index (Phi) is 5.47. The third-order valence-electron chi connectivity index (χ3n) is 3.34. The van der Waals surface area contributed by atoms with Gasteiger partial charge in [0.05, 0.1) is 0 Å². The molecule has 1 rings (SSSR count). The van der Waals surface area contributed by atoms with E-state index in [0.717, 1.165) is 0 Å². The van der Waals surface area contributed by atoms with Gasteiger partial charge in [0, 0.05) is 11.9 Å². The molecule has 84 valence electrons. The summed E-state index contributed by atoms with van der Waals surface area (Å²) < 4.78 is 0. The molecule has 0 aromatic rings. The standard InChI is InChI=1S/C12H24BrN/c1-3-8-14(9-4-2)11-12(10-13)6-5-7-12/h3-11H2,1-2H3. The van der Waals surface area contributed by atoms with E-state index in [2.05, 4.69) is 34.7 Å². The lowest BCUT2D eigenvalue weighted by Gasteiger charge is -2.44. The first kappa shape index (κ1) is 12.5.